The predicted molar refractivity (Wildman–Crippen MR) is 104 cm³/mol. The monoisotopic (exact) mass is 427 g/mol. The lowest BCUT2D eigenvalue weighted by molar-refractivity contribution is 0.119. The maximum Gasteiger partial charge on any atom is 0.191 e. The van der Waals surface area contributed by atoms with E-state index in [4.69, 9.17) is 9.73 Å². The van der Waals surface area contributed by atoms with Crippen LogP contribution in [0.5, 0.6) is 0 Å². The number of nitrogens with zero attached hydrogens (tertiary/aromatic N) is 3. The fourth-order valence-corrected chi connectivity index (χ4v) is 2.36. The number of hydrogen-bond acceptors (Lipinski definition) is 4. The molecule has 132 valence electrons. The number of likely N-dealkylation sites (N-methyl/N-ethyl adjacent to an activating group) is 2. The number of ether oxygens (including phenoxy) is 1. The van der Waals surface area contributed by atoms with E-state index in [1.54, 1.807) is 0 Å². The predicted octanol–water partition coefficient (Wildman–Crippen LogP) is 0.832. The third-order valence-corrected chi connectivity index (χ3v) is 3.75. The van der Waals surface area contributed by atoms with E-state index >= 15 is 0 Å². The van der Waals surface area contributed by atoms with Gasteiger partial charge in [-0.05, 0) is 34.4 Å². The minimum Gasteiger partial charge on any atom is -0.382 e. The molecule has 0 bridgehead atoms. The standard InChI is InChI=1S/C15H33N5O.HI/c1-5-16-15(17-8-7-11-21-6-2)18-12-14-13-19(3)9-10-20(14)4;/h14H,5-13H2,1-4H3,(H2,16,17,18);1H. The summed E-state index contributed by atoms with van der Waals surface area (Å²) in [5, 5.41) is 6.68. The van der Waals surface area contributed by atoms with Crippen LogP contribution >= 0.6 is 24.0 Å². The van der Waals surface area contributed by atoms with Crippen LogP contribution in [0.4, 0.5) is 0 Å². The summed E-state index contributed by atoms with van der Waals surface area (Å²) in [5.74, 6) is 0.913. The quantitative estimate of drug-likeness (QED) is 0.260. The first kappa shape index (κ1) is 21.9. The van der Waals surface area contributed by atoms with Crippen LogP contribution in [-0.4, -0.2) is 88.4 Å². The van der Waals surface area contributed by atoms with E-state index in [0.29, 0.717) is 6.04 Å². The SMILES string of the molecule is CCNC(=NCC1CN(C)CCN1C)NCCCOCC.I. The molecule has 0 aliphatic carbocycles. The largest absolute Gasteiger partial charge is 0.382 e. The molecule has 0 aromatic rings. The Labute approximate surface area is 153 Å². The van der Waals surface area contributed by atoms with Crippen molar-refractivity contribution in [3.05, 3.63) is 0 Å². The Morgan fingerprint density at radius 3 is 2.68 bits per heavy atom. The highest BCUT2D eigenvalue weighted by Gasteiger charge is 2.21. The summed E-state index contributed by atoms with van der Waals surface area (Å²) in [5.41, 5.74) is 0. The normalized spacial score (nSPS) is 20.5. The Hall–Kier alpha value is -0.120. The number of piperazine rings is 1. The first-order valence-electron chi connectivity index (χ1n) is 8.16. The Morgan fingerprint density at radius 2 is 2.00 bits per heavy atom. The molecule has 1 fully saturated rings. The highest BCUT2D eigenvalue weighted by Crippen LogP contribution is 2.05. The van der Waals surface area contributed by atoms with Gasteiger partial charge >= 0.3 is 0 Å². The lowest BCUT2D eigenvalue weighted by atomic mass is 10.2. The molecule has 0 saturated carbocycles. The van der Waals surface area contributed by atoms with Crippen LogP contribution < -0.4 is 10.6 Å². The van der Waals surface area contributed by atoms with Gasteiger partial charge in [0.25, 0.3) is 0 Å². The van der Waals surface area contributed by atoms with Crippen molar-refractivity contribution in [1.82, 2.24) is 20.4 Å². The minimum atomic E-state index is 0. The summed E-state index contributed by atoms with van der Waals surface area (Å²) in [4.78, 5) is 9.51. The van der Waals surface area contributed by atoms with Crippen LogP contribution in [0.3, 0.4) is 0 Å². The Morgan fingerprint density at radius 1 is 1.23 bits per heavy atom. The molecule has 0 aromatic heterocycles. The summed E-state index contributed by atoms with van der Waals surface area (Å²) in [7, 11) is 4.37. The lowest BCUT2D eigenvalue weighted by Gasteiger charge is -2.36. The minimum absolute atomic E-state index is 0. The van der Waals surface area contributed by atoms with E-state index in [1.165, 1.54) is 0 Å². The number of halogens is 1. The van der Waals surface area contributed by atoms with Gasteiger partial charge in [-0.25, -0.2) is 0 Å². The van der Waals surface area contributed by atoms with Gasteiger partial charge in [0, 0.05) is 52.0 Å². The van der Waals surface area contributed by atoms with Crippen LogP contribution in [0.25, 0.3) is 0 Å². The average molecular weight is 427 g/mol. The van der Waals surface area contributed by atoms with Crippen LogP contribution in [0, 0.1) is 0 Å². The zero-order valence-corrected chi connectivity index (χ0v) is 16.9. The maximum atomic E-state index is 5.34. The molecule has 1 unspecified atom stereocenters. The smallest absolute Gasteiger partial charge is 0.191 e. The molecular formula is C15H34IN5O. The first-order valence-corrected chi connectivity index (χ1v) is 8.16. The molecule has 6 nitrogen and oxygen atoms in total. The summed E-state index contributed by atoms with van der Waals surface area (Å²) >= 11 is 0. The van der Waals surface area contributed by atoms with E-state index in [0.717, 1.165) is 64.9 Å². The topological polar surface area (TPSA) is 52.1 Å². The van der Waals surface area contributed by atoms with Gasteiger partial charge in [-0.15, -0.1) is 24.0 Å². The van der Waals surface area contributed by atoms with Gasteiger partial charge in [-0.3, -0.25) is 9.89 Å². The number of nitrogens with one attached hydrogen (secondary N) is 2. The van der Waals surface area contributed by atoms with Crippen molar-refractivity contribution in [2.45, 2.75) is 26.3 Å². The molecule has 0 spiro atoms. The zero-order chi connectivity index (χ0) is 15.5. The number of hydrogen-bond donors (Lipinski definition) is 2. The van der Waals surface area contributed by atoms with Crippen molar-refractivity contribution >= 4 is 29.9 Å². The average Bonchev–Trinajstić information content (AvgIpc) is 2.47. The second kappa shape index (κ2) is 13.3. The molecule has 7 heteroatoms. The van der Waals surface area contributed by atoms with Crippen LogP contribution in [0.2, 0.25) is 0 Å². The van der Waals surface area contributed by atoms with Crippen molar-refractivity contribution in [1.29, 1.82) is 0 Å². The zero-order valence-electron chi connectivity index (χ0n) is 14.6. The van der Waals surface area contributed by atoms with Crippen molar-refractivity contribution in [3.63, 3.8) is 0 Å². The third kappa shape index (κ3) is 9.12. The van der Waals surface area contributed by atoms with Gasteiger partial charge in [-0.1, -0.05) is 0 Å². The molecule has 1 rings (SSSR count). The Balaban J connectivity index is 0.00000441. The number of aliphatic imine (C=N–C) groups is 1. The second-order valence-corrected chi connectivity index (χ2v) is 5.59. The van der Waals surface area contributed by atoms with E-state index in [-0.39, 0.29) is 24.0 Å². The van der Waals surface area contributed by atoms with Gasteiger partial charge in [0.1, 0.15) is 0 Å². The Kier molecular flexibility index (Phi) is 13.3. The highest BCUT2D eigenvalue weighted by atomic mass is 127. The molecule has 0 aromatic carbocycles. The summed E-state index contributed by atoms with van der Waals surface area (Å²) < 4.78 is 5.34. The highest BCUT2D eigenvalue weighted by molar-refractivity contribution is 14.0. The van der Waals surface area contributed by atoms with Gasteiger partial charge in [-0.2, -0.15) is 0 Å². The molecule has 1 saturated heterocycles. The van der Waals surface area contributed by atoms with E-state index in [2.05, 4.69) is 41.5 Å². The Bertz CT molecular complexity index is 304. The number of guanidine groups is 1. The van der Waals surface area contributed by atoms with Crippen LogP contribution in [-0.2, 0) is 4.74 Å². The number of rotatable bonds is 8. The van der Waals surface area contributed by atoms with Gasteiger partial charge in [0.2, 0.25) is 0 Å². The fourth-order valence-electron chi connectivity index (χ4n) is 2.36. The third-order valence-electron chi connectivity index (χ3n) is 3.75. The molecular weight excluding hydrogens is 393 g/mol. The van der Waals surface area contributed by atoms with Crippen molar-refractivity contribution in [2.24, 2.45) is 4.99 Å². The van der Waals surface area contributed by atoms with Gasteiger partial charge in [0.05, 0.1) is 6.54 Å². The molecule has 0 radical (unpaired) electrons. The molecule has 2 N–H and O–H groups in total. The first-order chi connectivity index (χ1) is 10.2. The molecule has 0 amide bonds. The van der Waals surface area contributed by atoms with Gasteiger partial charge in [0.15, 0.2) is 5.96 Å². The lowest BCUT2D eigenvalue weighted by Crippen LogP contribution is -2.51. The molecule has 22 heavy (non-hydrogen) atoms. The second-order valence-electron chi connectivity index (χ2n) is 5.59. The maximum absolute atomic E-state index is 5.34. The van der Waals surface area contributed by atoms with Crippen LogP contribution in [0.1, 0.15) is 20.3 Å². The summed E-state index contributed by atoms with van der Waals surface area (Å²) in [6.45, 7) is 11.7. The van der Waals surface area contributed by atoms with Crippen molar-refractivity contribution < 1.29 is 4.74 Å². The molecule has 1 aliphatic rings. The summed E-state index contributed by atoms with van der Waals surface area (Å²) in [6, 6.07) is 0.502. The van der Waals surface area contributed by atoms with Crippen LogP contribution in [0.15, 0.2) is 4.99 Å². The van der Waals surface area contributed by atoms with E-state index in [9.17, 15) is 0 Å². The van der Waals surface area contributed by atoms with Crippen molar-refractivity contribution in [2.75, 3.05) is 66.6 Å². The van der Waals surface area contributed by atoms with Crippen molar-refractivity contribution in [3.8, 4) is 0 Å². The molecule has 1 aliphatic heterocycles. The van der Waals surface area contributed by atoms with E-state index in [1.807, 2.05) is 6.92 Å². The molecule has 1 heterocycles. The fraction of sp³-hybridized carbons (Fsp3) is 0.933. The summed E-state index contributed by atoms with van der Waals surface area (Å²) in [6.07, 6.45) is 1.00. The van der Waals surface area contributed by atoms with E-state index < -0.39 is 0 Å². The molecule has 1 atom stereocenters. The van der Waals surface area contributed by atoms with Gasteiger partial charge < -0.3 is 20.3 Å².